The lowest BCUT2D eigenvalue weighted by molar-refractivity contribution is 0.0581. The largest absolute Gasteiger partial charge is 0.377 e. The summed E-state index contributed by atoms with van der Waals surface area (Å²) in [4.78, 5) is 8.65. The summed E-state index contributed by atoms with van der Waals surface area (Å²) in [5, 5.41) is 0. The normalized spacial score (nSPS) is 13.3. The van der Waals surface area contributed by atoms with Gasteiger partial charge in [-0.15, -0.1) is 24.0 Å². The second-order valence-electron chi connectivity index (χ2n) is 4.54. The molecule has 0 aromatic heterocycles. The number of ether oxygens (including phenoxy) is 1. The number of rotatable bonds is 9. The molecule has 0 aliphatic heterocycles. The Morgan fingerprint density at radius 1 is 1.21 bits per heavy atom. The van der Waals surface area contributed by atoms with Crippen LogP contribution in [0.1, 0.15) is 27.2 Å². The molecule has 0 aromatic rings. The average Bonchev–Trinajstić information content (AvgIpc) is 2.34. The van der Waals surface area contributed by atoms with E-state index < -0.39 is 0 Å². The Labute approximate surface area is 135 Å². The minimum Gasteiger partial charge on any atom is -0.377 e. The van der Waals surface area contributed by atoms with E-state index >= 15 is 0 Å². The van der Waals surface area contributed by atoms with Gasteiger partial charge in [0.15, 0.2) is 5.96 Å². The quantitative estimate of drug-likeness (QED) is 0.372. The predicted molar refractivity (Wildman–Crippen MR) is 93.4 cm³/mol. The molecule has 0 spiro atoms. The highest BCUT2D eigenvalue weighted by Crippen LogP contribution is 2.01. The molecule has 116 valence electrons. The number of hydrogen-bond donors (Lipinski definition) is 1. The zero-order valence-corrected chi connectivity index (χ0v) is 15.4. The van der Waals surface area contributed by atoms with Crippen molar-refractivity contribution in [3.8, 4) is 0 Å². The van der Waals surface area contributed by atoms with Gasteiger partial charge in [-0.2, -0.15) is 0 Å². The van der Waals surface area contributed by atoms with Gasteiger partial charge in [0.1, 0.15) is 0 Å². The van der Waals surface area contributed by atoms with E-state index in [9.17, 15) is 0 Å². The predicted octanol–water partition coefficient (Wildman–Crippen LogP) is 1.62. The topological polar surface area (TPSA) is 54.1 Å². The van der Waals surface area contributed by atoms with Gasteiger partial charge in [0, 0.05) is 26.2 Å². The van der Waals surface area contributed by atoms with Crippen molar-refractivity contribution in [2.75, 3.05) is 46.9 Å². The molecular weight excluding hydrogens is 355 g/mol. The minimum atomic E-state index is 0. The molecule has 0 amide bonds. The SMILES string of the molecule is CCOC(CCN(C)C)CN=C(N)N(CC)CC.I. The Kier molecular flexibility index (Phi) is 14.4. The summed E-state index contributed by atoms with van der Waals surface area (Å²) in [6.07, 6.45) is 1.14. The van der Waals surface area contributed by atoms with Crippen molar-refractivity contribution in [3.05, 3.63) is 0 Å². The summed E-state index contributed by atoms with van der Waals surface area (Å²) in [5.74, 6) is 0.620. The van der Waals surface area contributed by atoms with Gasteiger partial charge >= 0.3 is 0 Å². The van der Waals surface area contributed by atoms with Gasteiger partial charge in [0.25, 0.3) is 0 Å². The van der Waals surface area contributed by atoms with Crippen molar-refractivity contribution in [3.63, 3.8) is 0 Å². The summed E-state index contributed by atoms with van der Waals surface area (Å²) in [5.41, 5.74) is 5.95. The van der Waals surface area contributed by atoms with Gasteiger partial charge in [-0.1, -0.05) is 0 Å². The molecule has 0 saturated carbocycles. The zero-order chi connectivity index (χ0) is 14.0. The van der Waals surface area contributed by atoms with E-state index in [0.717, 1.165) is 32.7 Å². The van der Waals surface area contributed by atoms with Crippen LogP contribution >= 0.6 is 24.0 Å². The second-order valence-corrected chi connectivity index (χ2v) is 4.54. The summed E-state index contributed by atoms with van der Waals surface area (Å²) in [6, 6.07) is 0. The van der Waals surface area contributed by atoms with E-state index in [-0.39, 0.29) is 30.1 Å². The number of aliphatic imine (C=N–C) groups is 1. The van der Waals surface area contributed by atoms with Crippen LogP contribution in [0.2, 0.25) is 0 Å². The molecular formula is C13H31IN4O. The molecule has 0 fully saturated rings. The maximum absolute atomic E-state index is 5.95. The Morgan fingerprint density at radius 3 is 2.21 bits per heavy atom. The van der Waals surface area contributed by atoms with Crippen molar-refractivity contribution < 1.29 is 4.74 Å². The van der Waals surface area contributed by atoms with E-state index in [1.807, 2.05) is 6.92 Å². The van der Waals surface area contributed by atoms with Crippen molar-refractivity contribution in [2.45, 2.75) is 33.3 Å². The number of nitrogens with zero attached hydrogens (tertiary/aromatic N) is 3. The number of hydrogen-bond acceptors (Lipinski definition) is 3. The van der Waals surface area contributed by atoms with Crippen LogP contribution in [-0.2, 0) is 4.74 Å². The highest BCUT2D eigenvalue weighted by Gasteiger charge is 2.09. The first-order chi connectivity index (χ1) is 8.54. The highest BCUT2D eigenvalue weighted by atomic mass is 127. The third-order valence-corrected chi connectivity index (χ3v) is 2.85. The van der Waals surface area contributed by atoms with Gasteiger partial charge < -0.3 is 20.3 Å². The third-order valence-electron chi connectivity index (χ3n) is 2.85. The number of guanidine groups is 1. The fraction of sp³-hybridized carbons (Fsp3) is 0.923. The molecule has 0 aromatic carbocycles. The van der Waals surface area contributed by atoms with Crippen LogP contribution in [0.3, 0.4) is 0 Å². The zero-order valence-electron chi connectivity index (χ0n) is 13.1. The van der Waals surface area contributed by atoms with Crippen LogP contribution in [-0.4, -0.2) is 68.7 Å². The smallest absolute Gasteiger partial charge is 0.191 e. The standard InChI is InChI=1S/C13H30N4O.HI/c1-6-17(7-2)13(14)15-11-12(18-8-3)9-10-16(4)5;/h12H,6-11H2,1-5H3,(H2,14,15);1H. The van der Waals surface area contributed by atoms with Crippen LogP contribution in [0.5, 0.6) is 0 Å². The average molecular weight is 386 g/mol. The lowest BCUT2D eigenvalue weighted by Crippen LogP contribution is -2.38. The molecule has 0 aliphatic rings. The van der Waals surface area contributed by atoms with Crippen LogP contribution in [0.4, 0.5) is 0 Å². The molecule has 5 nitrogen and oxygen atoms in total. The fourth-order valence-electron chi connectivity index (χ4n) is 1.71. The van der Waals surface area contributed by atoms with Crippen molar-refractivity contribution >= 4 is 29.9 Å². The second kappa shape index (κ2) is 12.9. The molecule has 6 heteroatoms. The van der Waals surface area contributed by atoms with Gasteiger partial charge in [0.05, 0.1) is 12.6 Å². The van der Waals surface area contributed by atoms with E-state index in [2.05, 4.69) is 42.7 Å². The molecule has 0 saturated heterocycles. The monoisotopic (exact) mass is 386 g/mol. The van der Waals surface area contributed by atoms with Crippen molar-refractivity contribution in [2.24, 2.45) is 10.7 Å². The van der Waals surface area contributed by atoms with E-state index in [4.69, 9.17) is 10.5 Å². The Hall–Kier alpha value is -0.0800. The fourth-order valence-corrected chi connectivity index (χ4v) is 1.71. The lowest BCUT2D eigenvalue weighted by Gasteiger charge is -2.21. The lowest BCUT2D eigenvalue weighted by atomic mass is 10.2. The molecule has 2 N–H and O–H groups in total. The van der Waals surface area contributed by atoms with Crippen molar-refractivity contribution in [1.82, 2.24) is 9.80 Å². The van der Waals surface area contributed by atoms with Crippen molar-refractivity contribution in [1.29, 1.82) is 0 Å². The third kappa shape index (κ3) is 10.4. The first-order valence-corrected chi connectivity index (χ1v) is 6.86. The molecule has 19 heavy (non-hydrogen) atoms. The minimum absolute atomic E-state index is 0. The van der Waals surface area contributed by atoms with Crippen LogP contribution in [0.25, 0.3) is 0 Å². The van der Waals surface area contributed by atoms with Crippen LogP contribution in [0.15, 0.2) is 4.99 Å². The Balaban J connectivity index is 0. The molecule has 1 atom stereocenters. The molecule has 1 unspecified atom stereocenters. The molecule has 0 aliphatic carbocycles. The van der Waals surface area contributed by atoms with E-state index in [1.165, 1.54) is 0 Å². The van der Waals surface area contributed by atoms with Crippen LogP contribution in [0, 0.1) is 0 Å². The van der Waals surface area contributed by atoms with Gasteiger partial charge in [-0.3, -0.25) is 4.99 Å². The maximum atomic E-state index is 5.95. The Morgan fingerprint density at radius 2 is 1.79 bits per heavy atom. The molecule has 0 bridgehead atoms. The van der Waals surface area contributed by atoms with E-state index in [0.29, 0.717) is 12.5 Å². The number of halogens is 1. The summed E-state index contributed by atoms with van der Waals surface area (Å²) in [6.45, 7) is 10.3. The first-order valence-electron chi connectivity index (χ1n) is 6.86. The summed E-state index contributed by atoms with van der Waals surface area (Å²) in [7, 11) is 4.13. The van der Waals surface area contributed by atoms with Gasteiger partial charge in [0.2, 0.25) is 0 Å². The first kappa shape index (κ1) is 21.2. The maximum Gasteiger partial charge on any atom is 0.191 e. The molecule has 0 heterocycles. The molecule has 0 rings (SSSR count). The van der Waals surface area contributed by atoms with Gasteiger partial charge in [-0.25, -0.2) is 0 Å². The highest BCUT2D eigenvalue weighted by molar-refractivity contribution is 14.0. The van der Waals surface area contributed by atoms with E-state index in [1.54, 1.807) is 0 Å². The molecule has 0 radical (unpaired) electrons. The Bertz CT molecular complexity index is 233. The summed E-state index contributed by atoms with van der Waals surface area (Å²) >= 11 is 0. The van der Waals surface area contributed by atoms with Gasteiger partial charge in [-0.05, 0) is 41.3 Å². The summed E-state index contributed by atoms with van der Waals surface area (Å²) < 4.78 is 5.68. The number of nitrogens with two attached hydrogens (primary N) is 1. The van der Waals surface area contributed by atoms with Crippen LogP contribution < -0.4 is 5.73 Å².